The third-order valence-corrected chi connectivity index (χ3v) is 6.43. The average molecular weight is 465 g/mol. The maximum absolute atomic E-state index is 5.34. The molecule has 144 valence electrons. The van der Waals surface area contributed by atoms with Crippen LogP contribution in [0.2, 0.25) is 0 Å². The number of thiazole rings is 1. The lowest BCUT2D eigenvalue weighted by Crippen LogP contribution is -1.90. The Morgan fingerprint density at radius 1 is 0.828 bits per heavy atom. The Hall–Kier alpha value is -2.83. The first-order valence-corrected chi connectivity index (χ1v) is 10.7. The summed E-state index contributed by atoms with van der Waals surface area (Å²) in [4.78, 5) is 5.99. The predicted octanol–water partition coefficient (Wildman–Crippen LogP) is 6.66. The minimum Gasteiger partial charge on any atom is -0.497 e. The van der Waals surface area contributed by atoms with E-state index in [0.29, 0.717) is 0 Å². The van der Waals surface area contributed by atoms with E-state index in [1.165, 1.54) is 4.70 Å². The minimum atomic E-state index is 0.830. The molecule has 0 fully saturated rings. The van der Waals surface area contributed by atoms with E-state index in [1.807, 2.05) is 24.3 Å². The Kier molecular flexibility index (Phi) is 4.53. The van der Waals surface area contributed by atoms with Crippen molar-refractivity contribution >= 4 is 42.4 Å². The number of aromatic nitrogens is 2. The number of halogens is 1. The first-order valence-electron chi connectivity index (χ1n) is 9.07. The number of hydrogen-bond acceptors (Lipinski definition) is 4. The zero-order valence-electron chi connectivity index (χ0n) is 15.8. The van der Waals surface area contributed by atoms with Gasteiger partial charge in [-0.25, -0.2) is 4.98 Å². The highest BCUT2D eigenvalue weighted by Gasteiger charge is 2.20. The van der Waals surface area contributed by atoms with Crippen molar-refractivity contribution in [1.82, 2.24) is 9.38 Å². The van der Waals surface area contributed by atoms with Crippen LogP contribution in [-0.2, 0) is 0 Å². The van der Waals surface area contributed by atoms with Gasteiger partial charge in [-0.05, 0) is 66.7 Å². The fourth-order valence-electron chi connectivity index (χ4n) is 3.51. The van der Waals surface area contributed by atoms with Crippen LogP contribution in [0, 0.1) is 0 Å². The number of benzene rings is 3. The summed E-state index contributed by atoms with van der Waals surface area (Å²) in [7, 11) is 3.35. The zero-order valence-corrected chi connectivity index (χ0v) is 18.3. The van der Waals surface area contributed by atoms with E-state index >= 15 is 0 Å². The summed E-state index contributed by atoms with van der Waals surface area (Å²) >= 11 is 5.26. The molecule has 0 bridgehead atoms. The fourth-order valence-corrected chi connectivity index (χ4v) is 5.09. The smallest absolute Gasteiger partial charge is 0.195 e. The lowest BCUT2D eigenvalue weighted by Gasteiger charge is -2.08. The van der Waals surface area contributed by atoms with Crippen LogP contribution in [-0.4, -0.2) is 23.6 Å². The Labute approximate surface area is 180 Å². The molecule has 5 rings (SSSR count). The van der Waals surface area contributed by atoms with E-state index in [1.54, 1.807) is 25.6 Å². The van der Waals surface area contributed by atoms with Crippen molar-refractivity contribution in [2.24, 2.45) is 0 Å². The van der Waals surface area contributed by atoms with Crippen LogP contribution in [0.25, 0.3) is 37.7 Å². The summed E-state index contributed by atoms with van der Waals surface area (Å²) in [6, 6.07) is 22.5. The van der Waals surface area contributed by atoms with E-state index in [2.05, 4.69) is 62.8 Å². The first-order chi connectivity index (χ1) is 14.2. The quantitative estimate of drug-likeness (QED) is 0.298. The zero-order chi connectivity index (χ0) is 20.0. The number of ether oxygens (including phenoxy) is 2. The SMILES string of the molecule is COc1ccc(-c2nc3sc4cc(Br)ccc4n3c2-c2ccc(OC)cc2)cc1. The van der Waals surface area contributed by atoms with Crippen LogP contribution < -0.4 is 9.47 Å². The largest absolute Gasteiger partial charge is 0.497 e. The van der Waals surface area contributed by atoms with Crippen molar-refractivity contribution in [1.29, 1.82) is 0 Å². The number of methoxy groups -OCH3 is 2. The molecular formula is C23H17BrN2O2S. The Morgan fingerprint density at radius 3 is 2.07 bits per heavy atom. The van der Waals surface area contributed by atoms with Gasteiger partial charge in [0.15, 0.2) is 4.96 Å². The normalized spacial score (nSPS) is 11.3. The van der Waals surface area contributed by atoms with Gasteiger partial charge in [-0.1, -0.05) is 27.3 Å². The fraction of sp³-hybridized carbons (Fsp3) is 0.0870. The molecule has 2 aromatic heterocycles. The summed E-state index contributed by atoms with van der Waals surface area (Å²) in [6.07, 6.45) is 0. The van der Waals surface area contributed by atoms with Crippen molar-refractivity contribution in [3.63, 3.8) is 0 Å². The van der Waals surface area contributed by atoms with Crippen LogP contribution >= 0.6 is 27.3 Å². The summed E-state index contributed by atoms with van der Waals surface area (Å²) in [6.45, 7) is 0. The molecule has 0 atom stereocenters. The van der Waals surface area contributed by atoms with Gasteiger partial charge < -0.3 is 9.47 Å². The molecule has 0 aliphatic heterocycles. The molecule has 0 spiro atoms. The van der Waals surface area contributed by atoms with Gasteiger partial charge in [-0.3, -0.25) is 4.40 Å². The van der Waals surface area contributed by atoms with Gasteiger partial charge in [0.05, 0.1) is 35.8 Å². The van der Waals surface area contributed by atoms with E-state index in [9.17, 15) is 0 Å². The molecule has 0 amide bonds. The molecule has 4 nitrogen and oxygen atoms in total. The highest BCUT2D eigenvalue weighted by molar-refractivity contribution is 9.10. The van der Waals surface area contributed by atoms with E-state index in [0.717, 1.165) is 49.0 Å². The monoisotopic (exact) mass is 464 g/mol. The van der Waals surface area contributed by atoms with Crippen LogP contribution in [0.3, 0.4) is 0 Å². The second-order valence-corrected chi connectivity index (χ2v) is 8.52. The van der Waals surface area contributed by atoms with Gasteiger partial charge in [0.25, 0.3) is 0 Å². The Bertz CT molecular complexity index is 1320. The van der Waals surface area contributed by atoms with Gasteiger partial charge in [0.1, 0.15) is 11.5 Å². The lowest BCUT2D eigenvalue weighted by atomic mass is 10.0. The maximum Gasteiger partial charge on any atom is 0.195 e. The average Bonchev–Trinajstić information content (AvgIpc) is 3.29. The van der Waals surface area contributed by atoms with Crippen LogP contribution in [0.4, 0.5) is 0 Å². The molecular weight excluding hydrogens is 448 g/mol. The second kappa shape index (κ2) is 7.21. The summed E-state index contributed by atoms with van der Waals surface area (Å²) in [5.41, 5.74) is 5.31. The van der Waals surface area contributed by atoms with Crippen molar-refractivity contribution in [3.8, 4) is 34.0 Å². The van der Waals surface area contributed by atoms with Crippen molar-refractivity contribution in [2.75, 3.05) is 14.2 Å². The molecule has 0 saturated heterocycles. The summed E-state index contributed by atoms with van der Waals surface area (Å²) < 4.78 is 15.2. The summed E-state index contributed by atoms with van der Waals surface area (Å²) in [5.74, 6) is 1.66. The molecule has 0 radical (unpaired) electrons. The molecule has 3 aromatic carbocycles. The Morgan fingerprint density at radius 2 is 1.45 bits per heavy atom. The first kappa shape index (κ1) is 18.2. The molecule has 0 saturated carbocycles. The standard InChI is InChI=1S/C23H17BrN2O2S/c1-27-17-8-3-14(4-9-17)21-22(15-5-10-18(28-2)11-6-15)26-19-12-7-16(24)13-20(19)29-23(26)25-21/h3-13H,1-2H3. The highest BCUT2D eigenvalue weighted by Crippen LogP contribution is 2.39. The molecule has 0 unspecified atom stereocenters. The van der Waals surface area contributed by atoms with Gasteiger partial charge in [-0.2, -0.15) is 0 Å². The van der Waals surface area contributed by atoms with Crippen LogP contribution in [0.1, 0.15) is 0 Å². The second-order valence-electron chi connectivity index (χ2n) is 6.60. The van der Waals surface area contributed by atoms with E-state index in [4.69, 9.17) is 14.5 Å². The number of fused-ring (bicyclic) bond motifs is 3. The molecule has 5 aromatic rings. The van der Waals surface area contributed by atoms with Crippen molar-refractivity contribution in [2.45, 2.75) is 0 Å². The number of rotatable bonds is 4. The van der Waals surface area contributed by atoms with Crippen LogP contribution in [0.15, 0.2) is 71.2 Å². The number of imidazole rings is 1. The molecule has 29 heavy (non-hydrogen) atoms. The highest BCUT2D eigenvalue weighted by atomic mass is 79.9. The summed E-state index contributed by atoms with van der Waals surface area (Å²) in [5, 5.41) is 0. The number of hydrogen-bond donors (Lipinski definition) is 0. The van der Waals surface area contributed by atoms with Crippen molar-refractivity contribution < 1.29 is 9.47 Å². The molecule has 6 heteroatoms. The Balaban J connectivity index is 1.81. The molecule has 0 N–H and O–H groups in total. The molecule has 0 aliphatic rings. The van der Waals surface area contributed by atoms with Gasteiger partial charge in [0.2, 0.25) is 0 Å². The maximum atomic E-state index is 5.34. The number of nitrogens with zero attached hydrogens (tertiary/aromatic N) is 2. The lowest BCUT2D eigenvalue weighted by molar-refractivity contribution is 0.414. The van der Waals surface area contributed by atoms with Gasteiger partial charge >= 0.3 is 0 Å². The van der Waals surface area contributed by atoms with E-state index < -0.39 is 0 Å². The van der Waals surface area contributed by atoms with E-state index in [-0.39, 0.29) is 0 Å². The third kappa shape index (κ3) is 3.09. The molecule has 2 heterocycles. The van der Waals surface area contributed by atoms with Gasteiger partial charge in [0, 0.05) is 15.6 Å². The minimum absolute atomic E-state index is 0.830. The molecule has 0 aliphatic carbocycles. The predicted molar refractivity (Wildman–Crippen MR) is 122 cm³/mol. The topological polar surface area (TPSA) is 35.8 Å². The third-order valence-electron chi connectivity index (χ3n) is 4.94. The van der Waals surface area contributed by atoms with Crippen LogP contribution in [0.5, 0.6) is 11.5 Å². The van der Waals surface area contributed by atoms with Gasteiger partial charge in [-0.15, -0.1) is 0 Å². The van der Waals surface area contributed by atoms with Crippen molar-refractivity contribution in [3.05, 3.63) is 71.2 Å².